The summed E-state index contributed by atoms with van der Waals surface area (Å²) in [5.41, 5.74) is 0.959. The van der Waals surface area contributed by atoms with Crippen LogP contribution in [0.25, 0.3) is 5.69 Å². The van der Waals surface area contributed by atoms with Crippen molar-refractivity contribution in [2.24, 2.45) is 0 Å². The summed E-state index contributed by atoms with van der Waals surface area (Å²) in [6.07, 6.45) is 0. The Kier molecular flexibility index (Phi) is 5.85. The normalized spacial score (nSPS) is 10.6. The van der Waals surface area contributed by atoms with Gasteiger partial charge in [-0.25, -0.2) is 9.07 Å². The van der Waals surface area contributed by atoms with Gasteiger partial charge in [-0.2, -0.15) is 0 Å². The molecule has 0 saturated carbocycles. The summed E-state index contributed by atoms with van der Waals surface area (Å²) < 4.78 is 16.4. The van der Waals surface area contributed by atoms with Crippen molar-refractivity contribution in [2.75, 3.05) is 11.1 Å². The lowest BCUT2D eigenvalue weighted by molar-refractivity contribution is -0.113. The fourth-order valence-electron chi connectivity index (χ4n) is 1.94. The van der Waals surface area contributed by atoms with Crippen LogP contribution >= 0.6 is 46.9 Å². The molecule has 2 aromatic carbocycles. The lowest BCUT2D eigenvalue weighted by Gasteiger charge is -2.04. The van der Waals surface area contributed by atoms with Crippen LogP contribution in [-0.4, -0.2) is 21.4 Å². The van der Waals surface area contributed by atoms with Crippen LogP contribution in [-0.2, 0) is 4.79 Å². The van der Waals surface area contributed by atoms with E-state index in [-0.39, 0.29) is 17.3 Å². The number of nitrogens with one attached hydrogen (secondary N) is 1. The van der Waals surface area contributed by atoms with Crippen LogP contribution in [0.15, 0.2) is 52.9 Å². The fraction of sp³-hybridized carbons (Fsp3) is 0.0625. The molecule has 3 aromatic rings. The number of anilines is 1. The van der Waals surface area contributed by atoms with Gasteiger partial charge in [-0.15, -0.1) is 5.10 Å². The summed E-state index contributed by atoms with van der Waals surface area (Å²) in [5, 5.41) is 7.57. The number of carbonyl (C=O) groups excluding carboxylic acids is 1. The zero-order valence-electron chi connectivity index (χ0n) is 12.6. The molecule has 128 valence electrons. The maximum absolute atomic E-state index is 13.5. The Morgan fingerprint density at radius 1 is 1.28 bits per heavy atom. The molecule has 1 aromatic heterocycles. The van der Waals surface area contributed by atoms with Crippen molar-refractivity contribution in [3.8, 4) is 5.69 Å². The summed E-state index contributed by atoms with van der Waals surface area (Å²) in [7, 11) is 0. The number of amides is 1. The second kappa shape index (κ2) is 8.09. The van der Waals surface area contributed by atoms with Crippen LogP contribution in [0.3, 0.4) is 0 Å². The minimum atomic E-state index is -0.469. The van der Waals surface area contributed by atoms with E-state index in [2.05, 4.69) is 10.4 Å². The monoisotopic (exact) mass is 411 g/mol. The quantitative estimate of drug-likeness (QED) is 0.463. The Morgan fingerprint density at radius 3 is 2.72 bits per heavy atom. The zero-order chi connectivity index (χ0) is 17.8. The highest BCUT2D eigenvalue weighted by molar-refractivity contribution is 8.01. The van der Waals surface area contributed by atoms with E-state index in [1.807, 2.05) is 12.1 Å². The van der Waals surface area contributed by atoms with Gasteiger partial charge in [0.05, 0.1) is 17.1 Å². The molecule has 3 rings (SSSR count). The molecule has 0 radical (unpaired) electrons. The largest absolute Gasteiger partial charge is 0.323 e. The van der Waals surface area contributed by atoms with Gasteiger partial charge >= 0.3 is 0 Å². The Balaban J connectivity index is 1.65. The van der Waals surface area contributed by atoms with Gasteiger partial charge in [0.1, 0.15) is 5.82 Å². The number of aromatic nitrogens is 2. The molecule has 1 heterocycles. The molecule has 1 N–H and O–H groups in total. The minimum absolute atomic E-state index is 0.108. The van der Waals surface area contributed by atoms with Gasteiger partial charge in [-0.1, -0.05) is 46.8 Å². The first-order chi connectivity index (χ1) is 12.0. The van der Waals surface area contributed by atoms with Crippen molar-refractivity contribution in [3.05, 3.63) is 63.3 Å². The third-order valence-electron chi connectivity index (χ3n) is 3.08. The molecule has 9 heteroatoms. The molecule has 0 spiro atoms. The molecule has 0 unspecified atom stereocenters. The second-order valence-corrected chi connectivity index (χ2v) is 8.12. The van der Waals surface area contributed by atoms with Crippen LogP contribution in [0.2, 0.25) is 5.02 Å². The van der Waals surface area contributed by atoms with Crippen LogP contribution in [0.5, 0.6) is 0 Å². The van der Waals surface area contributed by atoms with Crippen LogP contribution in [0.4, 0.5) is 10.1 Å². The van der Waals surface area contributed by atoms with Crippen LogP contribution in [0, 0.1) is 9.77 Å². The lowest BCUT2D eigenvalue weighted by Crippen LogP contribution is -2.14. The van der Waals surface area contributed by atoms with Crippen molar-refractivity contribution in [1.29, 1.82) is 0 Å². The Morgan fingerprint density at radius 2 is 2.00 bits per heavy atom. The zero-order valence-corrected chi connectivity index (χ0v) is 15.8. The SMILES string of the molecule is O=C(CSc1nn(-c2ccc(Cl)cc2)c(=S)s1)Nc1ccccc1F. The molecule has 25 heavy (non-hydrogen) atoms. The number of rotatable bonds is 5. The number of nitrogens with zero attached hydrogens (tertiary/aromatic N) is 2. The summed E-state index contributed by atoms with van der Waals surface area (Å²) in [6.45, 7) is 0. The average molecular weight is 412 g/mol. The van der Waals surface area contributed by atoms with E-state index in [1.165, 1.54) is 35.2 Å². The summed E-state index contributed by atoms with van der Waals surface area (Å²) in [6, 6.07) is 13.2. The number of benzene rings is 2. The van der Waals surface area contributed by atoms with Crippen molar-refractivity contribution in [3.63, 3.8) is 0 Å². The topological polar surface area (TPSA) is 46.9 Å². The molecule has 0 saturated heterocycles. The molecule has 0 aliphatic rings. The maximum Gasteiger partial charge on any atom is 0.234 e. The van der Waals surface area contributed by atoms with E-state index in [0.717, 1.165) is 5.69 Å². The number of thioether (sulfide) groups is 1. The van der Waals surface area contributed by atoms with Crippen molar-refractivity contribution < 1.29 is 9.18 Å². The van der Waals surface area contributed by atoms with Crippen LogP contribution < -0.4 is 5.32 Å². The van der Waals surface area contributed by atoms with E-state index >= 15 is 0 Å². The Hall–Kier alpha value is -1.74. The molecule has 0 aliphatic carbocycles. The first-order valence-electron chi connectivity index (χ1n) is 7.06. The summed E-state index contributed by atoms with van der Waals surface area (Å²) >= 11 is 13.7. The van der Waals surface area contributed by atoms with Gasteiger partial charge < -0.3 is 5.32 Å². The van der Waals surface area contributed by atoms with E-state index < -0.39 is 5.82 Å². The van der Waals surface area contributed by atoms with Gasteiger partial charge in [0.15, 0.2) is 8.29 Å². The van der Waals surface area contributed by atoms with Gasteiger partial charge in [-0.05, 0) is 48.6 Å². The Bertz CT molecular complexity index is 956. The number of hydrogen-bond donors (Lipinski definition) is 1. The molecule has 1 amide bonds. The highest BCUT2D eigenvalue weighted by Crippen LogP contribution is 2.25. The second-order valence-electron chi connectivity index (χ2n) is 4.84. The molecule has 0 bridgehead atoms. The first-order valence-corrected chi connectivity index (χ1v) is 9.65. The van der Waals surface area contributed by atoms with Gasteiger partial charge in [0.2, 0.25) is 5.91 Å². The predicted octanol–water partition coefficient (Wildman–Crippen LogP) is 5.19. The molecule has 4 nitrogen and oxygen atoms in total. The van der Waals surface area contributed by atoms with Crippen LogP contribution in [0.1, 0.15) is 0 Å². The lowest BCUT2D eigenvalue weighted by atomic mass is 10.3. The van der Waals surface area contributed by atoms with E-state index in [0.29, 0.717) is 13.3 Å². The number of halogens is 2. The number of hydrogen-bond acceptors (Lipinski definition) is 5. The maximum atomic E-state index is 13.5. The van der Waals surface area contributed by atoms with Gasteiger partial charge in [0.25, 0.3) is 0 Å². The molecule has 0 aliphatic heterocycles. The third-order valence-corrected chi connectivity index (χ3v) is 5.69. The molecule has 0 atom stereocenters. The first kappa shape index (κ1) is 18.1. The summed E-state index contributed by atoms with van der Waals surface area (Å²) in [5.74, 6) is -0.671. The predicted molar refractivity (Wildman–Crippen MR) is 103 cm³/mol. The van der Waals surface area contributed by atoms with E-state index in [4.69, 9.17) is 23.8 Å². The Labute approximate surface area is 161 Å². The summed E-state index contributed by atoms with van der Waals surface area (Å²) in [4.78, 5) is 12.0. The molecular weight excluding hydrogens is 401 g/mol. The molecule has 0 fully saturated rings. The highest BCUT2D eigenvalue weighted by atomic mass is 35.5. The average Bonchev–Trinajstić information content (AvgIpc) is 2.97. The third kappa shape index (κ3) is 4.66. The van der Waals surface area contributed by atoms with Gasteiger partial charge in [-0.3, -0.25) is 4.79 Å². The smallest absolute Gasteiger partial charge is 0.234 e. The number of carbonyl (C=O) groups is 1. The fourth-order valence-corrected chi connectivity index (χ4v) is 4.23. The van der Waals surface area contributed by atoms with Crippen molar-refractivity contribution >= 4 is 58.5 Å². The van der Waals surface area contributed by atoms with Crippen molar-refractivity contribution in [1.82, 2.24) is 9.78 Å². The highest BCUT2D eigenvalue weighted by Gasteiger charge is 2.11. The van der Waals surface area contributed by atoms with E-state index in [1.54, 1.807) is 28.9 Å². The molecular formula is C16H11ClFN3OS3. The van der Waals surface area contributed by atoms with E-state index in [9.17, 15) is 9.18 Å². The minimum Gasteiger partial charge on any atom is -0.323 e. The van der Waals surface area contributed by atoms with Crippen molar-refractivity contribution in [2.45, 2.75) is 4.34 Å². The standard InChI is InChI=1S/C16H11ClFN3OS3/c17-10-5-7-11(8-6-10)21-16(23)25-15(20-21)24-9-14(22)19-13-4-2-1-3-12(13)18/h1-8H,9H2,(H,19,22). The van der Waals surface area contributed by atoms with Gasteiger partial charge in [0, 0.05) is 5.02 Å². The number of para-hydroxylation sites is 1.